The van der Waals surface area contributed by atoms with Gasteiger partial charge in [0.05, 0.1) is 31.1 Å². The molecular formula is C15H14NO5S2-. The summed E-state index contributed by atoms with van der Waals surface area (Å²) in [6, 6.07) is 4.06. The summed E-state index contributed by atoms with van der Waals surface area (Å²) in [6.07, 6.45) is 1.62. The molecule has 1 aliphatic rings. The van der Waals surface area contributed by atoms with Crippen molar-refractivity contribution in [1.29, 1.82) is 0 Å². The van der Waals surface area contributed by atoms with E-state index in [1.807, 2.05) is 0 Å². The maximum absolute atomic E-state index is 12.4. The average Bonchev–Trinajstić information content (AvgIpc) is 2.80. The molecule has 1 atom stereocenters. The molecule has 0 unspecified atom stereocenters. The van der Waals surface area contributed by atoms with Gasteiger partial charge in [-0.2, -0.15) is 0 Å². The number of aliphatic carboxylic acids is 1. The molecule has 0 bridgehead atoms. The summed E-state index contributed by atoms with van der Waals surface area (Å²) in [7, 11) is 3.05. The third kappa shape index (κ3) is 3.65. The van der Waals surface area contributed by atoms with Gasteiger partial charge in [0.25, 0.3) is 5.91 Å². The van der Waals surface area contributed by atoms with Gasteiger partial charge in [0, 0.05) is 6.07 Å². The van der Waals surface area contributed by atoms with E-state index in [-0.39, 0.29) is 4.32 Å². The molecule has 8 heteroatoms. The first-order valence-corrected chi connectivity index (χ1v) is 7.81. The molecule has 1 fully saturated rings. The van der Waals surface area contributed by atoms with Gasteiger partial charge in [0.2, 0.25) is 0 Å². The Morgan fingerprint density at radius 3 is 2.35 bits per heavy atom. The number of nitrogens with zero attached hydrogens (tertiary/aromatic N) is 1. The second kappa shape index (κ2) is 7.01. The molecule has 2 rings (SSSR count). The van der Waals surface area contributed by atoms with Crippen molar-refractivity contribution in [3.63, 3.8) is 0 Å². The summed E-state index contributed by atoms with van der Waals surface area (Å²) in [4.78, 5) is 24.7. The van der Waals surface area contributed by atoms with E-state index in [0.717, 1.165) is 16.7 Å². The van der Waals surface area contributed by atoms with Crippen LogP contribution in [0.25, 0.3) is 6.08 Å². The molecule has 122 valence electrons. The van der Waals surface area contributed by atoms with Crippen LogP contribution in [0.3, 0.4) is 0 Å². The van der Waals surface area contributed by atoms with Crippen LogP contribution in [-0.4, -0.2) is 41.4 Å². The lowest BCUT2D eigenvalue weighted by atomic mass is 10.1. The number of amides is 1. The SMILES string of the molecule is COc1cc(/C=C2\SC(=S)N([C@H](C)C(=O)[O-])C2=O)cc(OC)c1. The van der Waals surface area contributed by atoms with Crippen LogP contribution in [-0.2, 0) is 9.59 Å². The summed E-state index contributed by atoms with van der Waals surface area (Å²) in [5.41, 5.74) is 0.683. The van der Waals surface area contributed by atoms with Gasteiger partial charge in [-0.3, -0.25) is 9.69 Å². The van der Waals surface area contributed by atoms with Gasteiger partial charge in [0.15, 0.2) is 0 Å². The first-order chi connectivity index (χ1) is 10.9. The van der Waals surface area contributed by atoms with Crippen molar-refractivity contribution in [2.75, 3.05) is 14.2 Å². The van der Waals surface area contributed by atoms with E-state index in [9.17, 15) is 14.7 Å². The van der Waals surface area contributed by atoms with Crippen molar-refractivity contribution >= 4 is 46.3 Å². The minimum absolute atomic E-state index is 0.188. The van der Waals surface area contributed by atoms with Crippen molar-refractivity contribution < 1.29 is 24.2 Å². The molecule has 0 radical (unpaired) electrons. The molecule has 0 saturated carbocycles. The number of ether oxygens (including phenoxy) is 2. The Hall–Kier alpha value is -2.06. The Balaban J connectivity index is 2.36. The number of rotatable bonds is 5. The van der Waals surface area contributed by atoms with Crippen LogP contribution in [0.2, 0.25) is 0 Å². The predicted molar refractivity (Wildman–Crippen MR) is 89.0 cm³/mol. The Morgan fingerprint density at radius 1 is 1.30 bits per heavy atom. The molecule has 0 N–H and O–H groups in total. The maximum atomic E-state index is 12.4. The number of thioether (sulfide) groups is 1. The molecule has 0 aliphatic carbocycles. The molecule has 1 aliphatic heterocycles. The molecule has 1 saturated heterocycles. The Labute approximate surface area is 143 Å². The molecule has 1 amide bonds. The number of hydrogen-bond donors (Lipinski definition) is 0. The highest BCUT2D eigenvalue weighted by Crippen LogP contribution is 2.35. The standard InChI is InChI=1S/C15H15NO5S2/c1-8(14(18)19)16-13(17)12(23-15(16)22)6-9-4-10(20-2)7-11(5-9)21-3/h4-8H,1-3H3,(H,18,19)/p-1/b12-6-/t8-/m1/s1. The molecule has 1 aromatic carbocycles. The average molecular weight is 352 g/mol. The summed E-state index contributed by atoms with van der Waals surface area (Å²) in [5, 5.41) is 11.0. The zero-order valence-electron chi connectivity index (χ0n) is 12.7. The molecular weight excluding hydrogens is 338 g/mol. The third-order valence-electron chi connectivity index (χ3n) is 3.22. The van der Waals surface area contributed by atoms with E-state index in [2.05, 4.69) is 0 Å². The van der Waals surface area contributed by atoms with Crippen molar-refractivity contribution in [3.8, 4) is 11.5 Å². The summed E-state index contributed by atoms with van der Waals surface area (Å²) >= 11 is 6.14. The second-order valence-corrected chi connectivity index (χ2v) is 6.37. The largest absolute Gasteiger partial charge is 0.548 e. The summed E-state index contributed by atoms with van der Waals surface area (Å²) < 4.78 is 10.5. The van der Waals surface area contributed by atoms with Crippen LogP contribution in [0.4, 0.5) is 0 Å². The smallest absolute Gasteiger partial charge is 0.266 e. The van der Waals surface area contributed by atoms with Crippen LogP contribution in [0.5, 0.6) is 11.5 Å². The fraction of sp³-hybridized carbons (Fsp3) is 0.267. The Morgan fingerprint density at radius 2 is 1.87 bits per heavy atom. The Kier molecular flexibility index (Phi) is 5.27. The van der Waals surface area contributed by atoms with Gasteiger partial charge >= 0.3 is 0 Å². The highest BCUT2D eigenvalue weighted by Gasteiger charge is 2.35. The van der Waals surface area contributed by atoms with Gasteiger partial charge in [-0.05, 0) is 30.7 Å². The molecule has 1 heterocycles. The fourth-order valence-corrected chi connectivity index (χ4v) is 3.40. The number of carbonyl (C=O) groups is 2. The number of thiocarbonyl (C=S) groups is 1. The quantitative estimate of drug-likeness (QED) is 0.579. The number of methoxy groups -OCH3 is 2. The van der Waals surface area contributed by atoms with E-state index >= 15 is 0 Å². The Bertz CT molecular complexity index is 679. The van der Waals surface area contributed by atoms with Crippen LogP contribution in [0, 0.1) is 0 Å². The van der Waals surface area contributed by atoms with Gasteiger partial charge in [0.1, 0.15) is 15.8 Å². The number of carbonyl (C=O) groups excluding carboxylic acids is 2. The van der Waals surface area contributed by atoms with Gasteiger partial charge in [-0.1, -0.05) is 24.0 Å². The van der Waals surface area contributed by atoms with Crippen molar-refractivity contribution in [1.82, 2.24) is 4.90 Å². The predicted octanol–water partition coefficient (Wildman–Crippen LogP) is 1.04. The normalized spacial score (nSPS) is 17.5. The van der Waals surface area contributed by atoms with Crippen molar-refractivity contribution in [2.45, 2.75) is 13.0 Å². The molecule has 0 aromatic heterocycles. The zero-order valence-corrected chi connectivity index (χ0v) is 14.3. The maximum Gasteiger partial charge on any atom is 0.266 e. The molecule has 0 spiro atoms. The van der Waals surface area contributed by atoms with Crippen LogP contribution in [0.15, 0.2) is 23.1 Å². The zero-order chi connectivity index (χ0) is 17.1. The summed E-state index contributed by atoms with van der Waals surface area (Å²) in [6.45, 7) is 1.36. The van der Waals surface area contributed by atoms with Gasteiger partial charge in [-0.25, -0.2) is 0 Å². The summed E-state index contributed by atoms with van der Waals surface area (Å²) in [5.74, 6) is -0.660. The highest BCUT2D eigenvalue weighted by molar-refractivity contribution is 8.26. The number of hydrogen-bond acceptors (Lipinski definition) is 7. The van der Waals surface area contributed by atoms with Gasteiger partial charge in [-0.15, -0.1) is 0 Å². The fourth-order valence-electron chi connectivity index (χ4n) is 1.98. The topological polar surface area (TPSA) is 78.9 Å². The minimum atomic E-state index is -1.36. The van der Waals surface area contributed by atoms with E-state index in [1.54, 1.807) is 24.3 Å². The lowest BCUT2D eigenvalue weighted by Gasteiger charge is -2.23. The molecule has 6 nitrogen and oxygen atoms in total. The molecule has 23 heavy (non-hydrogen) atoms. The lowest BCUT2D eigenvalue weighted by molar-refractivity contribution is -0.309. The number of carboxylic acid groups (broad SMARTS) is 1. The van der Waals surface area contributed by atoms with E-state index in [1.165, 1.54) is 21.1 Å². The number of benzene rings is 1. The minimum Gasteiger partial charge on any atom is -0.548 e. The van der Waals surface area contributed by atoms with E-state index in [0.29, 0.717) is 22.0 Å². The van der Waals surface area contributed by atoms with E-state index < -0.39 is 17.9 Å². The molecule has 1 aromatic rings. The number of carboxylic acids is 1. The van der Waals surface area contributed by atoms with Crippen LogP contribution in [0.1, 0.15) is 12.5 Å². The van der Waals surface area contributed by atoms with Crippen molar-refractivity contribution in [2.24, 2.45) is 0 Å². The monoisotopic (exact) mass is 352 g/mol. The highest BCUT2D eigenvalue weighted by atomic mass is 32.2. The lowest BCUT2D eigenvalue weighted by Crippen LogP contribution is -2.48. The van der Waals surface area contributed by atoms with Crippen molar-refractivity contribution in [3.05, 3.63) is 28.7 Å². The first-order valence-electron chi connectivity index (χ1n) is 6.58. The third-order valence-corrected chi connectivity index (χ3v) is 4.55. The first kappa shape index (κ1) is 17.3. The van der Waals surface area contributed by atoms with Gasteiger partial charge < -0.3 is 19.4 Å². The van der Waals surface area contributed by atoms with E-state index in [4.69, 9.17) is 21.7 Å². The van der Waals surface area contributed by atoms with Crippen LogP contribution >= 0.6 is 24.0 Å². The van der Waals surface area contributed by atoms with Crippen LogP contribution < -0.4 is 14.6 Å². The second-order valence-electron chi connectivity index (χ2n) is 4.69.